The molecule has 2 aromatic rings. The first-order valence-corrected chi connectivity index (χ1v) is 6.70. The van der Waals surface area contributed by atoms with Gasteiger partial charge in [0.25, 0.3) is 5.91 Å². The highest BCUT2D eigenvalue weighted by Gasteiger charge is 2.10. The summed E-state index contributed by atoms with van der Waals surface area (Å²) in [6, 6.07) is 11.1. The molecular formula is C15H15BrN2O. The fourth-order valence-corrected chi connectivity index (χ4v) is 2.16. The zero-order valence-corrected chi connectivity index (χ0v) is 12.4. The van der Waals surface area contributed by atoms with Gasteiger partial charge in [-0.25, -0.2) is 0 Å². The number of nitrogens with one attached hydrogen (secondary N) is 1. The molecule has 19 heavy (non-hydrogen) atoms. The average Bonchev–Trinajstić information content (AvgIpc) is 2.36. The van der Waals surface area contributed by atoms with E-state index >= 15 is 0 Å². The Kier molecular flexibility index (Phi) is 3.90. The van der Waals surface area contributed by atoms with Crippen LogP contribution in [0, 0.1) is 13.8 Å². The normalized spacial score (nSPS) is 10.3. The van der Waals surface area contributed by atoms with E-state index in [1.54, 1.807) is 6.07 Å². The Labute approximate surface area is 121 Å². The van der Waals surface area contributed by atoms with Gasteiger partial charge in [0.2, 0.25) is 0 Å². The molecule has 0 spiro atoms. The second-order valence-electron chi connectivity index (χ2n) is 4.51. The van der Waals surface area contributed by atoms with Gasteiger partial charge >= 0.3 is 0 Å². The monoisotopic (exact) mass is 318 g/mol. The lowest BCUT2D eigenvalue weighted by Gasteiger charge is -2.09. The molecule has 3 N–H and O–H groups in total. The lowest BCUT2D eigenvalue weighted by Crippen LogP contribution is -2.13. The van der Waals surface area contributed by atoms with E-state index in [0.29, 0.717) is 16.9 Å². The zero-order valence-electron chi connectivity index (χ0n) is 10.8. The van der Waals surface area contributed by atoms with Crippen molar-refractivity contribution in [1.29, 1.82) is 0 Å². The molecule has 0 saturated heterocycles. The van der Waals surface area contributed by atoms with Crippen LogP contribution in [0.5, 0.6) is 0 Å². The van der Waals surface area contributed by atoms with Crippen LogP contribution >= 0.6 is 15.9 Å². The number of amides is 1. The summed E-state index contributed by atoms with van der Waals surface area (Å²) in [6.07, 6.45) is 0. The third-order valence-electron chi connectivity index (χ3n) is 2.90. The summed E-state index contributed by atoms with van der Waals surface area (Å²) in [5.74, 6) is -0.154. The lowest BCUT2D eigenvalue weighted by atomic mass is 10.1. The van der Waals surface area contributed by atoms with Crippen molar-refractivity contribution in [2.75, 3.05) is 11.1 Å². The van der Waals surface area contributed by atoms with Gasteiger partial charge in [0.15, 0.2) is 0 Å². The Morgan fingerprint density at radius 1 is 1.16 bits per heavy atom. The average molecular weight is 319 g/mol. The van der Waals surface area contributed by atoms with Crippen LogP contribution in [-0.2, 0) is 0 Å². The van der Waals surface area contributed by atoms with Gasteiger partial charge in [0, 0.05) is 15.8 Å². The maximum atomic E-state index is 12.2. The fourth-order valence-electron chi connectivity index (χ4n) is 1.73. The number of carbonyl (C=O) groups excluding carboxylic acids is 1. The second kappa shape index (κ2) is 5.45. The third kappa shape index (κ3) is 3.15. The van der Waals surface area contributed by atoms with Crippen LogP contribution in [0.4, 0.5) is 11.4 Å². The number of nitrogens with two attached hydrogens (primary N) is 1. The Hall–Kier alpha value is -1.81. The molecule has 0 bridgehead atoms. The molecule has 2 rings (SSSR count). The van der Waals surface area contributed by atoms with E-state index in [1.165, 1.54) is 0 Å². The van der Waals surface area contributed by atoms with Crippen molar-refractivity contribution in [1.82, 2.24) is 0 Å². The molecule has 0 aromatic heterocycles. The van der Waals surface area contributed by atoms with E-state index in [4.69, 9.17) is 5.73 Å². The van der Waals surface area contributed by atoms with Crippen molar-refractivity contribution in [2.24, 2.45) is 0 Å². The molecule has 0 aliphatic carbocycles. The highest BCUT2D eigenvalue weighted by molar-refractivity contribution is 9.10. The number of anilines is 2. The van der Waals surface area contributed by atoms with Crippen LogP contribution in [0.25, 0.3) is 0 Å². The van der Waals surface area contributed by atoms with Gasteiger partial charge < -0.3 is 11.1 Å². The SMILES string of the molecule is Cc1ccc(Br)c(C(=O)Nc2ccc(C)c(N)c2)c1. The van der Waals surface area contributed by atoms with Crippen LogP contribution in [-0.4, -0.2) is 5.91 Å². The number of carbonyl (C=O) groups is 1. The molecule has 1 amide bonds. The first kappa shape index (κ1) is 13.6. The highest BCUT2D eigenvalue weighted by Crippen LogP contribution is 2.21. The van der Waals surface area contributed by atoms with Crippen LogP contribution in [0.15, 0.2) is 40.9 Å². The minimum atomic E-state index is -0.154. The number of hydrogen-bond donors (Lipinski definition) is 2. The van der Waals surface area contributed by atoms with E-state index < -0.39 is 0 Å². The number of hydrogen-bond acceptors (Lipinski definition) is 2. The van der Waals surface area contributed by atoms with E-state index in [-0.39, 0.29) is 5.91 Å². The standard InChI is InChI=1S/C15H15BrN2O/c1-9-3-6-13(16)12(7-9)15(19)18-11-5-4-10(2)14(17)8-11/h3-8H,17H2,1-2H3,(H,18,19). The molecular weight excluding hydrogens is 304 g/mol. The maximum Gasteiger partial charge on any atom is 0.256 e. The van der Waals surface area contributed by atoms with Gasteiger partial charge in [-0.2, -0.15) is 0 Å². The summed E-state index contributed by atoms with van der Waals surface area (Å²) in [7, 11) is 0. The van der Waals surface area contributed by atoms with Crippen molar-refractivity contribution >= 4 is 33.2 Å². The Balaban J connectivity index is 2.25. The molecule has 3 nitrogen and oxygen atoms in total. The first-order valence-electron chi connectivity index (χ1n) is 5.91. The number of nitrogen functional groups attached to an aromatic ring is 1. The van der Waals surface area contributed by atoms with Crippen molar-refractivity contribution in [3.8, 4) is 0 Å². The maximum absolute atomic E-state index is 12.2. The molecule has 0 fully saturated rings. The van der Waals surface area contributed by atoms with Crippen molar-refractivity contribution < 1.29 is 4.79 Å². The van der Waals surface area contributed by atoms with Gasteiger partial charge in [-0.3, -0.25) is 4.79 Å². The zero-order chi connectivity index (χ0) is 14.0. The van der Waals surface area contributed by atoms with Gasteiger partial charge in [-0.15, -0.1) is 0 Å². The summed E-state index contributed by atoms with van der Waals surface area (Å²) in [5.41, 5.74) is 9.84. The molecule has 4 heteroatoms. The molecule has 98 valence electrons. The van der Waals surface area contributed by atoms with Gasteiger partial charge in [0.05, 0.1) is 5.56 Å². The fraction of sp³-hybridized carbons (Fsp3) is 0.133. The molecule has 2 aromatic carbocycles. The largest absolute Gasteiger partial charge is 0.398 e. The predicted octanol–water partition coefficient (Wildman–Crippen LogP) is 3.90. The van der Waals surface area contributed by atoms with Gasteiger partial charge in [0.1, 0.15) is 0 Å². The minimum Gasteiger partial charge on any atom is -0.398 e. The van der Waals surface area contributed by atoms with Crippen LogP contribution in [0.1, 0.15) is 21.5 Å². The van der Waals surface area contributed by atoms with Crippen molar-refractivity contribution in [2.45, 2.75) is 13.8 Å². The Bertz CT molecular complexity index is 638. The summed E-state index contributed by atoms with van der Waals surface area (Å²) in [5, 5.41) is 2.85. The molecule has 0 aliphatic heterocycles. The molecule has 0 radical (unpaired) electrons. The molecule has 0 unspecified atom stereocenters. The van der Waals surface area contributed by atoms with Crippen molar-refractivity contribution in [3.63, 3.8) is 0 Å². The molecule has 0 heterocycles. The Morgan fingerprint density at radius 2 is 1.89 bits per heavy atom. The molecule has 0 atom stereocenters. The highest BCUT2D eigenvalue weighted by atomic mass is 79.9. The van der Waals surface area contributed by atoms with Gasteiger partial charge in [-0.05, 0) is 59.6 Å². The van der Waals surface area contributed by atoms with E-state index in [0.717, 1.165) is 15.6 Å². The summed E-state index contributed by atoms with van der Waals surface area (Å²) in [4.78, 5) is 12.2. The lowest BCUT2D eigenvalue weighted by molar-refractivity contribution is 0.102. The van der Waals surface area contributed by atoms with Crippen molar-refractivity contribution in [3.05, 3.63) is 57.6 Å². The van der Waals surface area contributed by atoms with E-state index in [2.05, 4.69) is 21.2 Å². The summed E-state index contributed by atoms with van der Waals surface area (Å²) in [6.45, 7) is 3.88. The number of halogens is 1. The number of rotatable bonds is 2. The predicted molar refractivity (Wildman–Crippen MR) is 82.4 cm³/mol. The minimum absolute atomic E-state index is 0.154. The van der Waals surface area contributed by atoms with Crippen LogP contribution < -0.4 is 11.1 Å². The quantitative estimate of drug-likeness (QED) is 0.825. The van der Waals surface area contributed by atoms with Crippen LogP contribution in [0.2, 0.25) is 0 Å². The smallest absolute Gasteiger partial charge is 0.256 e. The summed E-state index contributed by atoms with van der Waals surface area (Å²) < 4.78 is 0.774. The topological polar surface area (TPSA) is 55.1 Å². The third-order valence-corrected chi connectivity index (χ3v) is 3.60. The van der Waals surface area contributed by atoms with Crippen LogP contribution in [0.3, 0.4) is 0 Å². The second-order valence-corrected chi connectivity index (χ2v) is 5.36. The van der Waals surface area contributed by atoms with E-state index in [9.17, 15) is 4.79 Å². The number of aryl methyl sites for hydroxylation is 2. The molecule has 0 aliphatic rings. The number of benzene rings is 2. The van der Waals surface area contributed by atoms with E-state index in [1.807, 2.05) is 44.2 Å². The first-order chi connectivity index (χ1) is 8.97. The summed E-state index contributed by atoms with van der Waals surface area (Å²) >= 11 is 3.38. The van der Waals surface area contributed by atoms with Gasteiger partial charge in [-0.1, -0.05) is 17.7 Å². The molecule has 0 saturated carbocycles. The Morgan fingerprint density at radius 3 is 2.58 bits per heavy atom.